The summed E-state index contributed by atoms with van der Waals surface area (Å²) in [5, 5.41) is 15.7. The van der Waals surface area contributed by atoms with Crippen molar-refractivity contribution in [3.8, 4) is 44.5 Å². The van der Waals surface area contributed by atoms with Crippen LogP contribution in [0.5, 0.6) is 0 Å². The molecule has 11 aromatic carbocycles. The molecule has 13 rings (SSSR count). The fourth-order valence-corrected chi connectivity index (χ4v) is 12.6. The van der Waals surface area contributed by atoms with Crippen LogP contribution in [0, 0.1) is 0 Å². The van der Waals surface area contributed by atoms with E-state index in [1.807, 2.05) is 22.7 Å². The number of hydrogen-bond acceptors (Lipinski definition) is 2. The fourth-order valence-electron chi connectivity index (χ4n) is 10.1. The highest BCUT2D eigenvalue weighted by molar-refractivity contribution is 7.30. The van der Waals surface area contributed by atoms with Gasteiger partial charge in [-0.25, -0.2) is 0 Å². The molecule has 0 aliphatic rings. The average molecular weight is 795 g/mol. The van der Waals surface area contributed by atoms with Crippen molar-refractivity contribution < 1.29 is 0 Å². The van der Waals surface area contributed by atoms with Crippen molar-refractivity contribution >= 4 is 106 Å². The second-order valence-corrected chi connectivity index (χ2v) is 18.0. The lowest BCUT2D eigenvalue weighted by atomic mass is 9.83. The Morgan fingerprint density at radius 3 is 1.48 bits per heavy atom. The van der Waals surface area contributed by atoms with E-state index in [-0.39, 0.29) is 0 Å². The standard InChI is InChI=1S/C58H34S2/c1-2-15-35(16-3-1)36-17-14-18-37(33-36)54-44-24-8-10-26-46(44)55(47-27-11-9-25-45(47)54)48-30-29-41(38-19-4-5-20-39(38)48)50-34-53-56(43-23-7-6-21-40(43)50)57-52(59-53)32-31-49-42-22-12-13-28-51(42)60-58(49)57/h1-34H. The molecule has 0 saturated heterocycles. The van der Waals surface area contributed by atoms with E-state index in [0.29, 0.717) is 0 Å². The Hall–Kier alpha value is -7.10. The molecule has 2 heteroatoms. The van der Waals surface area contributed by atoms with E-state index >= 15 is 0 Å². The first kappa shape index (κ1) is 33.8. The molecule has 60 heavy (non-hydrogen) atoms. The molecule has 0 aliphatic carbocycles. The van der Waals surface area contributed by atoms with Gasteiger partial charge in [0.2, 0.25) is 0 Å². The van der Waals surface area contributed by atoms with Crippen LogP contribution in [0.25, 0.3) is 128 Å². The minimum atomic E-state index is 1.22. The third-order valence-electron chi connectivity index (χ3n) is 12.7. The highest BCUT2D eigenvalue weighted by Gasteiger charge is 2.22. The zero-order valence-electron chi connectivity index (χ0n) is 32.4. The van der Waals surface area contributed by atoms with Crippen LogP contribution >= 0.6 is 22.7 Å². The first-order chi connectivity index (χ1) is 29.8. The molecule has 0 N–H and O–H groups in total. The van der Waals surface area contributed by atoms with E-state index in [0.717, 1.165) is 0 Å². The molecule has 0 amide bonds. The normalized spacial score (nSPS) is 12.0. The maximum Gasteiger partial charge on any atom is 0.0448 e. The summed E-state index contributed by atoms with van der Waals surface area (Å²) in [5.74, 6) is 0. The lowest BCUT2D eigenvalue weighted by Gasteiger charge is -2.20. The third kappa shape index (κ3) is 4.96. The highest BCUT2D eigenvalue weighted by Crippen LogP contribution is 2.51. The highest BCUT2D eigenvalue weighted by atomic mass is 32.1. The van der Waals surface area contributed by atoms with Gasteiger partial charge < -0.3 is 0 Å². The van der Waals surface area contributed by atoms with Gasteiger partial charge >= 0.3 is 0 Å². The fraction of sp³-hybridized carbons (Fsp3) is 0. The molecular formula is C58H34S2. The molecule has 2 aromatic heterocycles. The predicted octanol–water partition coefficient (Wildman–Crippen LogP) is 17.7. The molecule has 0 spiro atoms. The van der Waals surface area contributed by atoms with Crippen LogP contribution in [0.15, 0.2) is 206 Å². The van der Waals surface area contributed by atoms with E-state index in [9.17, 15) is 0 Å². The summed E-state index contributed by atoms with van der Waals surface area (Å²) in [6, 6.07) is 76.7. The van der Waals surface area contributed by atoms with Crippen molar-refractivity contribution in [2.75, 3.05) is 0 Å². The largest absolute Gasteiger partial charge is 0.135 e. The Balaban J connectivity index is 1.06. The number of hydrogen-bond donors (Lipinski definition) is 0. The summed E-state index contributed by atoms with van der Waals surface area (Å²) in [6.07, 6.45) is 0. The number of rotatable bonds is 4. The lowest BCUT2D eigenvalue weighted by Crippen LogP contribution is -1.93. The molecule has 0 atom stereocenters. The summed E-state index contributed by atoms with van der Waals surface area (Å²) >= 11 is 3.85. The van der Waals surface area contributed by atoms with Crippen molar-refractivity contribution in [1.29, 1.82) is 0 Å². The van der Waals surface area contributed by atoms with E-state index in [1.165, 1.54) is 128 Å². The van der Waals surface area contributed by atoms with E-state index in [1.54, 1.807) is 0 Å². The number of fused-ring (bicyclic) bond motifs is 12. The zero-order chi connectivity index (χ0) is 39.3. The molecule has 0 aliphatic heterocycles. The lowest BCUT2D eigenvalue weighted by molar-refractivity contribution is 1.61. The zero-order valence-corrected chi connectivity index (χ0v) is 34.1. The van der Waals surface area contributed by atoms with Gasteiger partial charge in [-0.15, -0.1) is 22.7 Å². The van der Waals surface area contributed by atoms with Crippen molar-refractivity contribution in [3.63, 3.8) is 0 Å². The van der Waals surface area contributed by atoms with Crippen LogP contribution in [-0.4, -0.2) is 0 Å². The molecular weight excluding hydrogens is 761 g/mol. The van der Waals surface area contributed by atoms with Gasteiger partial charge in [0.05, 0.1) is 0 Å². The molecule has 0 radical (unpaired) electrons. The maximum atomic E-state index is 2.48. The van der Waals surface area contributed by atoms with Crippen molar-refractivity contribution in [1.82, 2.24) is 0 Å². The second kappa shape index (κ2) is 13.2. The molecule has 2 heterocycles. The smallest absolute Gasteiger partial charge is 0.0448 e. The molecule has 0 fully saturated rings. The SMILES string of the molecule is c1ccc(-c2cccc(-c3c4ccccc4c(-c4ccc(-c5cc6sc7ccc8c9ccccc9sc8c7c6c6ccccc56)c5ccccc45)c4ccccc34)c2)cc1. The minimum absolute atomic E-state index is 1.22. The third-order valence-corrected chi connectivity index (χ3v) is 15.0. The van der Waals surface area contributed by atoms with Crippen LogP contribution in [0.3, 0.4) is 0 Å². The quantitative estimate of drug-likeness (QED) is 0.156. The minimum Gasteiger partial charge on any atom is -0.135 e. The van der Waals surface area contributed by atoms with Gasteiger partial charge in [0, 0.05) is 40.3 Å². The van der Waals surface area contributed by atoms with Crippen LogP contribution in [0.2, 0.25) is 0 Å². The van der Waals surface area contributed by atoms with Crippen LogP contribution in [0.4, 0.5) is 0 Å². The van der Waals surface area contributed by atoms with Crippen LogP contribution in [-0.2, 0) is 0 Å². The van der Waals surface area contributed by atoms with Gasteiger partial charge in [0.1, 0.15) is 0 Å². The van der Waals surface area contributed by atoms with Gasteiger partial charge in [-0.05, 0) is 112 Å². The maximum absolute atomic E-state index is 2.48. The summed E-state index contributed by atoms with van der Waals surface area (Å²) in [5.41, 5.74) is 10.0. The first-order valence-corrected chi connectivity index (χ1v) is 22.2. The monoisotopic (exact) mass is 794 g/mol. The summed E-state index contributed by atoms with van der Waals surface area (Å²) in [6.45, 7) is 0. The van der Waals surface area contributed by atoms with E-state index in [4.69, 9.17) is 0 Å². The van der Waals surface area contributed by atoms with Crippen LogP contribution < -0.4 is 0 Å². The van der Waals surface area contributed by atoms with Gasteiger partial charge in [-0.2, -0.15) is 0 Å². The Morgan fingerprint density at radius 1 is 0.233 bits per heavy atom. The Labute approximate surface area is 354 Å². The van der Waals surface area contributed by atoms with E-state index in [2.05, 4.69) is 206 Å². The second-order valence-electron chi connectivity index (χ2n) is 15.9. The molecule has 278 valence electrons. The summed E-state index contributed by atoms with van der Waals surface area (Å²) < 4.78 is 5.42. The van der Waals surface area contributed by atoms with Crippen molar-refractivity contribution in [3.05, 3.63) is 206 Å². The van der Waals surface area contributed by atoms with Crippen molar-refractivity contribution in [2.45, 2.75) is 0 Å². The summed E-state index contributed by atoms with van der Waals surface area (Å²) in [7, 11) is 0. The molecule has 0 saturated carbocycles. The van der Waals surface area contributed by atoms with Gasteiger partial charge in [-0.3, -0.25) is 0 Å². The van der Waals surface area contributed by atoms with Crippen molar-refractivity contribution in [2.24, 2.45) is 0 Å². The number of benzene rings is 11. The van der Waals surface area contributed by atoms with Gasteiger partial charge in [0.15, 0.2) is 0 Å². The predicted molar refractivity (Wildman–Crippen MR) is 264 cm³/mol. The Bertz CT molecular complexity index is 3830. The van der Waals surface area contributed by atoms with Gasteiger partial charge in [-0.1, -0.05) is 182 Å². The average Bonchev–Trinajstić information content (AvgIpc) is 3.89. The topological polar surface area (TPSA) is 0 Å². The molecule has 0 nitrogen and oxygen atoms in total. The molecule has 0 bridgehead atoms. The van der Waals surface area contributed by atoms with E-state index < -0.39 is 0 Å². The summed E-state index contributed by atoms with van der Waals surface area (Å²) in [4.78, 5) is 0. The molecule has 13 aromatic rings. The van der Waals surface area contributed by atoms with Gasteiger partial charge in [0.25, 0.3) is 0 Å². The molecule has 0 unspecified atom stereocenters. The first-order valence-electron chi connectivity index (χ1n) is 20.6. The Kier molecular flexibility index (Phi) is 7.45. The van der Waals surface area contributed by atoms with Crippen LogP contribution in [0.1, 0.15) is 0 Å². The number of thiophene rings is 2. The Morgan fingerprint density at radius 2 is 0.767 bits per heavy atom.